The Bertz CT molecular complexity index is 496. The molecule has 0 rings (SSSR count). The quantitative estimate of drug-likeness (QED) is 0.100. The zero-order valence-electron chi connectivity index (χ0n) is 18.0. The van der Waals surface area contributed by atoms with Crippen LogP contribution in [-0.4, -0.2) is 503 Å². The molecule has 20 N–H and O–H groups in total. The van der Waals surface area contributed by atoms with Crippen LogP contribution in [0.25, 0.3) is 0 Å². The van der Waals surface area contributed by atoms with Crippen LogP contribution in [0.4, 0.5) is 47.9 Å². The van der Waals surface area contributed by atoms with Crippen LogP contribution < -0.4 is 0 Å². The van der Waals surface area contributed by atoms with Gasteiger partial charge in [-0.25, -0.2) is 47.9 Å². The molecule has 0 saturated heterocycles. The van der Waals surface area contributed by atoms with Gasteiger partial charge in [0.2, 0.25) is 0 Å². The van der Waals surface area contributed by atoms with Gasteiger partial charge in [0.1, 0.15) is 0 Å². The van der Waals surface area contributed by atoms with Crippen molar-refractivity contribution in [2.45, 2.75) is 0 Å². The summed E-state index contributed by atoms with van der Waals surface area (Å²) in [5, 5.41) is 139. The molecule has 0 bridgehead atoms. The van der Waals surface area contributed by atoms with Crippen LogP contribution in [0.3, 0.4) is 0 Å². The van der Waals surface area contributed by atoms with Gasteiger partial charge < -0.3 is 102 Å². The molecule has 0 aromatic rings. The van der Waals surface area contributed by atoms with Crippen molar-refractivity contribution in [3.8, 4) is 0 Å². The third-order valence-corrected chi connectivity index (χ3v) is 0. The normalized spacial score (nSPS) is 4.90. The zero-order chi connectivity index (χ0) is 35.8. The van der Waals surface area contributed by atoms with E-state index in [4.69, 9.17) is 150 Å². The van der Waals surface area contributed by atoms with E-state index in [9.17, 15) is 0 Å². The third-order valence-electron chi connectivity index (χ3n) is 0. The number of hydrogen-bond acceptors (Lipinski definition) is 10. The Kier molecular flexibility index (Phi) is 296. The summed E-state index contributed by atoms with van der Waals surface area (Å²) in [6.45, 7) is 0. The van der Waals surface area contributed by atoms with Crippen LogP contribution in [0, 0.1) is 0 Å². The first-order valence-electron chi connectivity index (χ1n) is 6.51. The fraction of sp³-hybridized carbons (Fsp3) is 0. The molecular weight excluding hydrogens is 961 g/mol. The second-order valence-corrected chi connectivity index (χ2v) is 2.83. The van der Waals surface area contributed by atoms with Crippen LogP contribution in [0.5, 0.6) is 0 Å². The van der Waals surface area contributed by atoms with Crippen molar-refractivity contribution in [1.82, 2.24) is 0 Å². The second-order valence-electron chi connectivity index (χ2n) is 2.83. The Hall–Kier alpha value is 4.04. The summed E-state index contributed by atoms with van der Waals surface area (Å²) in [5.74, 6) is 0. The monoisotopic (exact) mass is 998 g/mol. The summed E-state index contributed by atoms with van der Waals surface area (Å²) in [6.07, 6.45) is -18.3. The third kappa shape index (κ3) is 7990. The van der Waals surface area contributed by atoms with Gasteiger partial charge in [-0.2, -0.15) is 0 Å². The molecule has 0 aliphatic heterocycles. The van der Waals surface area contributed by atoms with Crippen LogP contribution in [-0.2, 0) is 0 Å². The van der Waals surface area contributed by atoms with Gasteiger partial charge in [0.25, 0.3) is 0 Å². The van der Waals surface area contributed by atoms with Crippen LogP contribution in [0.15, 0.2) is 0 Å². The molecule has 0 saturated carbocycles. The summed E-state index contributed by atoms with van der Waals surface area (Å²) in [5.41, 5.74) is 0. The number of carbonyl (C=O) groups is 10. The van der Waals surface area contributed by atoms with E-state index in [2.05, 4.69) is 0 Å². The van der Waals surface area contributed by atoms with Crippen LogP contribution in [0.1, 0.15) is 0 Å². The van der Waals surface area contributed by atoms with E-state index in [0.717, 1.165) is 0 Å². The summed E-state index contributed by atoms with van der Waals surface area (Å²) >= 11 is 0. The van der Waals surface area contributed by atoms with Gasteiger partial charge in [-0.3, -0.25) is 0 Å². The number of carboxylic acid groups (broad SMARTS) is 20. The Morgan fingerprint density at radius 3 is 0.143 bits per heavy atom. The molecule has 0 aliphatic rings. The fourth-order valence-corrected chi connectivity index (χ4v) is 0. The van der Waals surface area contributed by atoms with Gasteiger partial charge in [0.05, 0.1) is 0 Å². The first kappa shape index (κ1) is 124. The fourth-order valence-electron chi connectivity index (χ4n) is 0. The van der Waals surface area contributed by atoms with Crippen molar-refractivity contribution in [3.63, 3.8) is 0 Å². The summed E-state index contributed by atoms with van der Waals surface area (Å²) in [6, 6.07) is 0. The van der Waals surface area contributed by atoms with E-state index in [-0.39, 0.29) is 340 Å². The molecule has 0 heterocycles. The van der Waals surface area contributed by atoms with Gasteiger partial charge in [0, 0.05) is 0 Å². The Balaban J connectivity index is -0.0000000118. The maximum absolute atomic E-state index is 8.56. The van der Waals surface area contributed by atoms with E-state index in [1.54, 1.807) is 0 Å². The van der Waals surface area contributed by atoms with Crippen LogP contribution in [0.2, 0.25) is 0 Å². The predicted octanol–water partition coefficient (Wildman–Crippen LogP) is -6.02. The number of hydrogen-bond donors (Lipinski definition) is 20. The first-order chi connectivity index (χ1) is 17.3. The first-order valence-corrected chi connectivity index (χ1v) is 6.51. The molecule has 276 valence electrons. The SMILES string of the molecule is O=C(O)O.O=C(O)O.O=C(O)O.O=C(O)O.O=C(O)O.O=C(O)O.O=C(O)O.O=C(O)O.O=C(O)O.O=C(O)O.[CaH2].[CaH2].[CaH2].[CaH2].[CaH2].[CaH2].[CaH2].[CaH2].[CaH2]. The average Bonchev–Trinajstić information content (AvgIpc) is 2.47. The molecule has 39 heteroatoms. The minimum atomic E-state index is -1.83. The average molecular weight is 999 g/mol. The Morgan fingerprint density at radius 2 is 0.143 bits per heavy atom. The number of rotatable bonds is 0. The summed E-state index contributed by atoms with van der Waals surface area (Å²) in [7, 11) is 0. The minimum absolute atomic E-state index is 0. The molecule has 0 aromatic heterocycles. The molecular formula is C10H38Ca9O30. The van der Waals surface area contributed by atoms with Gasteiger partial charge in [-0.15, -0.1) is 0 Å². The van der Waals surface area contributed by atoms with Crippen molar-refractivity contribution in [1.29, 1.82) is 0 Å². The zero-order valence-corrected chi connectivity index (χ0v) is 18.0. The van der Waals surface area contributed by atoms with Crippen molar-refractivity contribution in [2.75, 3.05) is 0 Å². The molecule has 30 nitrogen and oxygen atoms in total. The summed E-state index contributed by atoms with van der Waals surface area (Å²) < 4.78 is 0. The van der Waals surface area contributed by atoms with E-state index < -0.39 is 61.6 Å². The molecule has 0 spiro atoms. The molecule has 0 aromatic carbocycles. The Labute approximate surface area is 538 Å². The molecule has 0 amide bonds. The van der Waals surface area contributed by atoms with Crippen molar-refractivity contribution >= 4 is 401 Å². The molecule has 0 radical (unpaired) electrons. The van der Waals surface area contributed by atoms with Gasteiger partial charge >= 0.3 is 401 Å². The predicted molar refractivity (Wildman–Crippen MR) is 183 cm³/mol. The van der Waals surface area contributed by atoms with E-state index in [1.165, 1.54) is 0 Å². The molecule has 0 fully saturated rings. The van der Waals surface area contributed by atoms with Crippen molar-refractivity contribution < 1.29 is 150 Å². The Morgan fingerprint density at radius 1 is 0.143 bits per heavy atom. The van der Waals surface area contributed by atoms with E-state index >= 15 is 0 Å². The molecule has 0 atom stereocenters. The van der Waals surface area contributed by atoms with Crippen molar-refractivity contribution in [3.05, 3.63) is 0 Å². The second kappa shape index (κ2) is 117. The van der Waals surface area contributed by atoms with Gasteiger partial charge in [0.15, 0.2) is 0 Å². The van der Waals surface area contributed by atoms with Gasteiger partial charge in [-0.1, -0.05) is 0 Å². The van der Waals surface area contributed by atoms with Crippen molar-refractivity contribution in [2.24, 2.45) is 0 Å². The molecule has 0 unspecified atom stereocenters. The standard InChI is InChI=1S/10CH2O3.9Ca.18H/c10*2-1(3)4;;;;;;;;;;;;;;;;;;;;;;;;;;;/h10*(H2,2,3,4);;;;;;;;;;;;;;;;;;;;;;;;;;;. The molecule has 0 aliphatic carbocycles. The van der Waals surface area contributed by atoms with E-state index in [1.807, 2.05) is 0 Å². The topological polar surface area (TPSA) is 575 Å². The van der Waals surface area contributed by atoms with Gasteiger partial charge in [-0.05, 0) is 0 Å². The molecule has 49 heavy (non-hydrogen) atoms. The van der Waals surface area contributed by atoms with E-state index in [0.29, 0.717) is 0 Å². The maximum atomic E-state index is 8.56. The van der Waals surface area contributed by atoms with Crippen LogP contribution >= 0.6 is 0 Å². The summed E-state index contributed by atoms with van der Waals surface area (Å²) in [4.78, 5) is 85.6.